The van der Waals surface area contributed by atoms with Gasteiger partial charge in [0, 0.05) is 56.6 Å². The highest BCUT2D eigenvalue weighted by Crippen LogP contribution is 2.24. The van der Waals surface area contributed by atoms with Gasteiger partial charge in [-0.05, 0) is 62.6 Å². The lowest BCUT2D eigenvalue weighted by Gasteiger charge is -2.26. The number of morpholine rings is 1. The summed E-state index contributed by atoms with van der Waals surface area (Å²) in [6.07, 6.45) is 1.97. The van der Waals surface area contributed by atoms with Gasteiger partial charge in [0.1, 0.15) is 37.1 Å². The van der Waals surface area contributed by atoms with E-state index in [1.54, 1.807) is 0 Å². The van der Waals surface area contributed by atoms with Gasteiger partial charge in [0.2, 0.25) is 0 Å². The van der Waals surface area contributed by atoms with Gasteiger partial charge in [-0.1, -0.05) is 0 Å². The first-order valence-corrected chi connectivity index (χ1v) is 13.0. The SMILES string of the molecule is CNCCN(C)Cc1c[nH]nc1-c1ccc(OCCOc2ccc(OCCN3CCOCC3)cc2)cc1. The Balaban J connectivity index is 1.15. The number of nitrogens with one attached hydrogen (secondary N) is 2. The molecule has 4 rings (SSSR count). The molecule has 1 aromatic heterocycles. The number of rotatable bonds is 15. The Kier molecular flexibility index (Phi) is 10.6. The van der Waals surface area contributed by atoms with Gasteiger partial charge in [0.05, 0.1) is 18.9 Å². The smallest absolute Gasteiger partial charge is 0.122 e. The monoisotopic (exact) mass is 509 g/mol. The first kappa shape index (κ1) is 26.9. The van der Waals surface area contributed by atoms with Crippen LogP contribution in [0.15, 0.2) is 54.7 Å². The lowest BCUT2D eigenvalue weighted by Crippen LogP contribution is -2.38. The lowest BCUT2D eigenvalue weighted by atomic mass is 10.1. The van der Waals surface area contributed by atoms with Crippen molar-refractivity contribution in [2.24, 2.45) is 0 Å². The number of hydrogen-bond acceptors (Lipinski definition) is 8. The van der Waals surface area contributed by atoms with Crippen molar-refractivity contribution in [3.63, 3.8) is 0 Å². The molecule has 1 aliphatic heterocycles. The van der Waals surface area contributed by atoms with Crippen LogP contribution in [0, 0.1) is 0 Å². The molecule has 3 aromatic rings. The Morgan fingerprint density at radius 1 is 0.919 bits per heavy atom. The third-order valence-corrected chi connectivity index (χ3v) is 6.26. The molecule has 9 nitrogen and oxygen atoms in total. The van der Waals surface area contributed by atoms with Crippen molar-refractivity contribution in [1.29, 1.82) is 0 Å². The minimum Gasteiger partial charge on any atom is -0.492 e. The molecule has 2 heterocycles. The molecule has 1 aliphatic rings. The molecule has 0 radical (unpaired) electrons. The average Bonchev–Trinajstić information content (AvgIpc) is 3.39. The van der Waals surface area contributed by atoms with E-state index in [0.29, 0.717) is 19.8 Å². The first-order valence-electron chi connectivity index (χ1n) is 13.0. The molecule has 2 aromatic carbocycles. The van der Waals surface area contributed by atoms with Crippen molar-refractivity contribution in [2.75, 3.05) is 79.9 Å². The van der Waals surface area contributed by atoms with Gasteiger partial charge in [-0.15, -0.1) is 0 Å². The zero-order valence-corrected chi connectivity index (χ0v) is 21.9. The van der Waals surface area contributed by atoms with E-state index < -0.39 is 0 Å². The Bertz CT molecular complexity index is 1040. The van der Waals surface area contributed by atoms with Crippen LogP contribution >= 0.6 is 0 Å². The van der Waals surface area contributed by atoms with Crippen LogP contribution in [0.2, 0.25) is 0 Å². The first-order chi connectivity index (χ1) is 18.2. The highest BCUT2D eigenvalue weighted by atomic mass is 16.5. The average molecular weight is 510 g/mol. The Labute approximate surface area is 219 Å². The van der Waals surface area contributed by atoms with Gasteiger partial charge in [0.15, 0.2) is 0 Å². The standard InChI is InChI=1S/C28H39N5O4/c1-29-11-12-32(2)22-24-21-30-31-28(24)23-3-5-25(6-4-23)36-19-20-37-27-9-7-26(8-10-27)35-18-15-33-13-16-34-17-14-33/h3-10,21,29H,11-20,22H2,1-2H3,(H,30,31). The number of likely N-dealkylation sites (N-methyl/N-ethyl adjacent to an activating group) is 2. The maximum absolute atomic E-state index is 5.87. The number of nitrogens with zero attached hydrogens (tertiary/aromatic N) is 3. The Hall–Kier alpha value is -3.11. The third kappa shape index (κ3) is 8.75. The highest BCUT2D eigenvalue weighted by molar-refractivity contribution is 5.63. The van der Waals surface area contributed by atoms with E-state index in [0.717, 1.165) is 81.0 Å². The molecule has 1 saturated heterocycles. The fourth-order valence-corrected chi connectivity index (χ4v) is 4.14. The fourth-order valence-electron chi connectivity index (χ4n) is 4.14. The van der Waals surface area contributed by atoms with E-state index >= 15 is 0 Å². The maximum Gasteiger partial charge on any atom is 0.122 e. The lowest BCUT2D eigenvalue weighted by molar-refractivity contribution is 0.0322. The summed E-state index contributed by atoms with van der Waals surface area (Å²) < 4.78 is 22.9. The summed E-state index contributed by atoms with van der Waals surface area (Å²) in [6, 6.07) is 15.8. The highest BCUT2D eigenvalue weighted by Gasteiger charge is 2.11. The second kappa shape index (κ2) is 14.6. The topological polar surface area (TPSA) is 84.1 Å². The van der Waals surface area contributed by atoms with Crippen molar-refractivity contribution in [2.45, 2.75) is 6.54 Å². The zero-order chi connectivity index (χ0) is 25.7. The Morgan fingerprint density at radius 3 is 2.14 bits per heavy atom. The number of ether oxygens (including phenoxy) is 4. The fraction of sp³-hybridized carbons (Fsp3) is 0.464. The van der Waals surface area contributed by atoms with Crippen LogP contribution in [-0.2, 0) is 11.3 Å². The van der Waals surface area contributed by atoms with Crippen molar-refractivity contribution in [1.82, 2.24) is 25.3 Å². The molecule has 0 spiro atoms. The minimum atomic E-state index is 0.459. The summed E-state index contributed by atoms with van der Waals surface area (Å²) in [5.74, 6) is 2.45. The van der Waals surface area contributed by atoms with Gasteiger partial charge in [-0.25, -0.2) is 0 Å². The van der Waals surface area contributed by atoms with Crippen LogP contribution < -0.4 is 19.5 Å². The van der Waals surface area contributed by atoms with Crippen LogP contribution in [0.25, 0.3) is 11.3 Å². The van der Waals surface area contributed by atoms with Crippen molar-refractivity contribution >= 4 is 0 Å². The summed E-state index contributed by atoms with van der Waals surface area (Å²) in [6.45, 7) is 8.83. The minimum absolute atomic E-state index is 0.459. The number of aromatic amines is 1. The summed E-state index contributed by atoms with van der Waals surface area (Å²) in [5.41, 5.74) is 3.21. The molecule has 0 unspecified atom stereocenters. The van der Waals surface area contributed by atoms with Gasteiger partial charge < -0.3 is 29.2 Å². The summed E-state index contributed by atoms with van der Waals surface area (Å²) in [7, 11) is 4.08. The number of benzene rings is 2. The van der Waals surface area contributed by atoms with E-state index in [2.05, 4.69) is 32.4 Å². The zero-order valence-electron chi connectivity index (χ0n) is 21.9. The van der Waals surface area contributed by atoms with E-state index in [-0.39, 0.29) is 0 Å². The second-order valence-corrected chi connectivity index (χ2v) is 9.10. The van der Waals surface area contributed by atoms with E-state index in [9.17, 15) is 0 Å². The number of aromatic nitrogens is 2. The molecule has 0 atom stereocenters. The molecule has 0 amide bonds. The van der Waals surface area contributed by atoms with Gasteiger partial charge in [-0.2, -0.15) is 5.10 Å². The Morgan fingerprint density at radius 2 is 1.51 bits per heavy atom. The van der Waals surface area contributed by atoms with E-state index in [1.165, 1.54) is 5.56 Å². The predicted octanol–water partition coefficient (Wildman–Crippen LogP) is 2.90. The summed E-state index contributed by atoms with van der Waals surface area (Å²) in [5, 5.41) is 10.6. The number of hydrogen-bond donors (Lipinski definition) is 2. The molecule has 9 heteroatoms. The molecule has 37 heavy (non-hydrogen) atoms. The summed E-state index contributed by atoms with van der Waals surface area (Å²) >= 11 is 0. The van der Waals surface area contributed by atoms with Crippen LogP contribution in [-0.4, -0.2) is 99.9 Å². The van der Waals surface area contributed by atoms with E-state index in [1.807, 2.05) is 61.8 Å². The normalized spacial score (nSPS) is 14.1. The molecule has 0 bridgehead atoms. The molecule has 0 saturated carbocycles. The number of H-pyrrole nitrogens is 1. The molecular formula is C28H39N5O4. The maximum atomic E-state index is 5.87. The largest absolute Gasteiger partial charge is 0.492 e. The molecule has 2 N–H and O–H groups in total. The van der Waals surface area contributed by atoms with Gasteiger partial charge in [0.25, 0.3) is 0 Å². The van der Waals surface area contributed by atoms with Crippen molar-refractivity contribution in [3.05, 3.63) is 60.3 Å². The predicted molar refractivity (Wildman–Crippen MR) is 144 cm³/mol. The van der Waals surface area contributed by atoms with Crippen molar-refractivity contribution < 1.29 is 18.9 Å². The third-order valence-electron chi connectivity index (χ3n) is 6.26. The van der Waals surface area contributed by atoms with Crippen LogP contribution in [0.4, 0.5) is 0 Å². The van der Waals surface area contributed by atoms with Crippen LogP contribution in [0.1, 0.15) is 5.56 Å². The second-order valence-electron chi connectivity index (χ2n) is 9.10. The molecule has 0 aliphatic carbocycles. The molecular weight excluding hydrogens is 470 g/mol. The quantitative estimate of drug-likeness (QED) is 0.303. The molecule has 1 fully saturated rings. The van der Waals surface area contributed by atoms with Gasteiger partial charge in [-0.3, -0.25) is 10.00 Å². The van der Waals surface area contributed by atoms with Gasteiger partial charge >= 0.3 is 0 Å². The van der Waals surface area contributed by atoms with E-state index in [4.69, 9.17) is 18.9 Å². The van der Waals surface area contributed by atoms with Crippen LogP contribution in [0.5, 0.6) is 17.2 Å². The van der Waals surface area contributed by atoms with Crippen LogP contribution in [0.3, 0.4) is 0 Å². The molecule has 200 valence electrons. The summed E-state index contributed by atoms with van der Waals surface area (Å²) in [4.78, 5) is 4.63. The van der Waals surface area contributed by atoms with Crippen molar-refractivity contribution in [3.8, 4) is 28.5 Å².